The zero-order chi connectivity index (χ0) is 20.4. The first-order valence-electron chi connectivity index (χ1n) is 8.74. The molecule has 0 saturated carbocycles. The van der Waals surface area contributed by atoms with Crippen molar-refractivity contribution in [1.82, 2.24) is 15.0 Å². The van der Waals surface area contributed by atoms with Crippen LogP contribution in [0.4, 0.5) is 4.39 Å². The highest BCUT2D eigenvalue weighted by atomic mass is 35.5. The van der Waals surface area contributed by atoms with E-state index in [9.17, 15) is 4.39 Å². The number of ether oxygens (including phenoxy) is 2. The fourth-order valence-electron chi connectivity index (χ4n) is 2.50. The van der Waals surface area contributed by atoms with Crippen molar-refractivity contribution in [3.8, 4) is 29.1 Å². The maximum absolute atomic E-state index is 13.9. The molecule has 0 N–H and O–H groups in total. The predicted octanol–water partition coefficient (Wildman–Crippen LogP) is 6.31. The molecule has 0 saturated heterocycles. The number of oxazole rings is 1. The molecule has 0 aliphatic carbocycles. The highest BCUT2D eigenvalue weighted by Gasteiger charge is 2.19. The van der Waals surface area contributed by atoms with Crippen LogP contribution in [0.5, 0.6) is 17.6 Å². The minimum absolute atomic E-state index is 0.0162. The third-order valence-corrected chi connectivity index (χ3v) is 4.59. The Bertz CT molecular complexity index is 1180. The largest absolute Gasteiger partial charge is 0.476 e. The first-order valence-corrected chi connectivity index (χ1v) is 9.50. The van der Waals surface area contributed by atoms with E-state index >= 15 is 0 Å². The summed E-state index contributed by atoms with van der Waals surface area (Å²) in [6, 6.07) is 10.8. The summed E-state index contributed by atoms with van der Waals surface area (Å²) in [5, 5.41) is 0.780. The Balaban J connectivity index is 1.78. The summed E-state index contributed by atoms with van der Waals surface area (Å²) in [4.78, 5) is 12.8. The summed E-state index contributed by atoms with van der Waals surface area (Å²) in [5.74, 6) is -0.116. The number of benzene rings is 2. The second-order valence-electron chi connectivity index (χ2n) is 5.99. The average Bonchev–Trinajstić information content (AvgIpc) is 3.14. The van der Waals surface area contributed by atoms with E-state index in [2.05, 4.69) is 15.0 Å². The topological polar surface area (TPSA) is 70.3 Å². The van der Waals surface area contributed by atoms with E-state index in [-0.39, 0.29) is 29.2 Å². The van der Waals surface area contributed by atoms with E-state index in [0.29, 0.717) is 27.7 Å². The van der Waals surface area contributed by atoms with Gasteiger partial charge in [0.15, 0.2) is 17.1 Å². The van der Waals surface area contributed by atoms with Crippen molar-refractivity contribution in [2.45, 2.75) is 13.3 Å². The molecule has 4 rings (SSSR count). The van der Waals surface area contributed by atoms with Crippen molar-refractivity contribution in [2.24, 2.45) is 0 Å². The van der Waals surface area contributed by atoms with Crippen LogP contribution in [-0.4, -0.2) is 21.6 Å². The van der Waals surface area contributed by atoms with E-state index in [1.807, 2.05) is 6.92 Å². The molecule has 0 amide bonds. The predicted molar refractivity (Wildman–Crippen MR) is 107 cm³/mol. The molecule has 0 aliphatic heterocycles. The molecule has 148 valence electrons. The molecule has 0 aliphatic rings. The second-order valence-corrected chi connectivity index (χ2v) is 6.81. The number of fused-ring (bicyclic) bond motifs is 1. The summed E-state index contributed by atoms with van der Waals surface area (Å²) in [6.07, 6.45) is 0.756. The molecule has 29 heavy (non-hydrogen) atoms. The highest BCUT2D eigenvalue weighted by Crippen LogP contribution is 2.33. The molecule has 4 aromatic rings. The van der Waals surface area contributed by atoms with Crippen LogP contribution in [0.15, 0.2) is 46.9 Å². The van der Waals surface area contributed by atoms with Crippen LogP contribution in [-0.2, 0) is 0 Å². The lowest BCUT2D eigenvalue weighted by Crippen LogP contribution is -2.01. The molecular weight excluding hydrogens is 420 g/mol. The molecule has 2 aromatic carbocycles. The fraction of sp³-hybridized carbons (Fsp3) is 0.150. The fourth-order valence-corrected chi connectivity index (χ4v) is 2.80. The Hall–Kier alpha value is -2.90. The molecule has 0 unspecified atom stereocenters. The van der Waals surface area contributed by atoms with Crippen LogP contribution in [0.2, 0.25) is 10.0 Å². The summed E-state index contributed by atoms with van der Waals surface area (Å²) in [6.45, 7) is 2.36. The molecule has 2 aromatic heterocycles. The molecule has 0 radical (unpaired) electrons. The van der Waals surface area contributed by atoms with Gasteiger partial charge in [-0.3, -0.25) is 0 Å². The number of nitrogens with zero attached hydrogens (tertiary/aromatic N) is 3. The third kappa shape index (κ3) is 4.11. The zero-order valence-corrected chi connectivity index (χ0v) is 16.7. The van der Waals surface area contributed by atoms with Gasteiger partial charge in [0.2, 0.25) is 5.89 Å². The average molecular weight is 434 g/mol. The van der Waals surface area contributed by atoms with Crippen molar-refractivity contribution in [3.05, 3.63) is 58.3 Å². The van der Waals surface area contributed by atoms with Gasteiger partial charge in [-0.2, -0.15) is 9.97 Å². The van der Waals surface area contributed by atoms with Gasteiger partial charge in [0.05, 0.1) is 16.7 Å². The van der Waals surface area contributed by atoms with Gasteiger partial charge in [0.1, 0.15) is 0 Å². The van der Waals surface area contributed by atoms with E-state index in [4.69, 9.17) is 37.1 Å². The minimum atomic E-state index is -0.540. The number of para-hydroxylation sites is 1. The molecule has 0 bridgehead atoms. The Labute approximate surface area is 175 Å². The van der Waals surface area contributed by atoms with Crippen molar-refractivity contribution < 1.29 is 18.3 Å². The Kier molecular flexibility index (Phi) is 5.51. The van der Waals surface area contributed by atoms with E-state index in [0.717, 1.165) is 6.42 Å². The molecule has 9 heteroatoms. The quantitative estimate of drug-likeness (QED) is 0.354. The molecule has 6 nitrogen and oxygen atoms in total. The first kappa shape index (κ1) is 19.4. The summed E-state index contributed by atoms with van der Waals surface area (Å²) >= 11 is 12.1. The highest BCUT2D eigenvalue weighted by molar-refractivity contribution is 6.42. The van der Waals surface area contributed by atoms with Crippen LogP contribution in [0.3, 0.4) is 0 Å². The van der Waals surface area contributed by atoms with Crippen LogP contribution in [0.25, 0.3) is 22.7 Å². The van der Waals surface area contributed by atoms with Gasteiger partial charge in [0.25, 0.3) is 11.6 Å². The Morgan fingerprint density at radius 1 is 1.03 bits per heavy atom. The lowest BCUT2D eigenvalue weighted by Gasteiger charge is -2.07. The van der Waals surface area contributed by atoms with Gasteiger partial charge < -0.3 is 13.9 Å². The first-order chi connectivity index (χ1) is 14.0. The van der Waals surface area contributed by atoms with Gasteiger partial charge in [-0.1, -0.05) is 42.3 Å². The monoisotopic (exact) mass is 433 g/mol. The normalized spacial score (nSPS) is 11.0. The second kappa shape index (κ2) is 8.23. The van der Waals surface area contributed by atoms with Crippen LogP contribution < -0.4 is 9.47 Å². The maximum atomic E-state index is 13.9. The van der Waals surface area contributed by atoms with Crippen molar-refractivity contribution in [2.75, 3.05) is 6.61 Å². The molecule has 0 spiro atoms. The molecular formula is C20H14Cl2FN3O3. The SMILES string of the molecule is CCCOc1nc(Oc2ccccc2F)nc2oc(-c3ccc(Cl)c(Cl)c3)nc12. The summed E-state index contributed by atoms with van der Waals surface area (Å²) < 4.78 is 30.8. The van der Waals surface area contributed by atoms with Crippen molar-refractivity contribution in [3.63, 3.8) is 0 Å². The van der Waals surface area contributed by atoms with Crippen LogP contribution >= 0.6 is 23.2 Å². The smallest absolute Gasteiger partial charge is 0.328 e. The standard InChI is InChI=1S/C20H14Cl2FN3O3/c1-2-9-27-18-16-19(26-20(25-18)28-15-6-4-3-5-14(15)23)29-17(24-16)11-7-8-12(21)13(22)10-11/h3-8,10H,2,9H2,1H3. The van der Waals surface area contributed by atoms with Gasteiger partial charge in [-0.05, 0) is 36.8 Å². The third-order valence-electron chi connectivity index (χ3n) is 3.85. The van der Waals surface area contributed by atoms with Gasteiger partial charge in [0, 0.05) is 5.56 Å². The van der Waals surface area contributed by atoms with E-state index in [1.54, 1.807) is 30.3 Å². The number of aromatic nitrogens is 3. The minimum Gasteiger partial charge on any atom is -0.476 e. The molecule has 2 heterocycles. The number of rotatable bonds is 6. The lowest BCUT2D eigenvalue weighted by molar-refractivity contribution is 0.301. The van der Waals surface area contributed by atoms with Gasteiger partial charge >= 0.3 is 6.01 Å². The maximum Gasteiger partial charge on any atom is 0.328 e. The Morgan fingerprint density at radius 3 is 2.62 bits per heavy atom. The van der Waals surface area contributed by atoms with Crippen LogP contribution in [0.1, 0.15) is 13.3 Å². The Morgan fingerprint density at radius 2 is 1.86 bits per heavy atom. The van der Waals surface area contributed by atoms with E-state index < -0.39 is 5.82 Å². The zero-order valence-electron chi connectivity index (χ0n) is 15.2. The lowest BCUT2D eigenvalue weighted by atomic mass is 10.2. The summed E-state index contributed by atoms with van der Waals surface area (Å²) in [7, 11) is 0. The summed E-state index contributed by atoms with van der Waals surface area (Å²) in [5.41, 5.74) is 1.06. The molecule has 0 fully saturated rings. The molecule has 0 atom stereocenters. The number of hydrogen-bond acceptors (Lipinski definition) is 6. The van der Waals surface area contributed by atoms with Crippen molar-refractivity contribution in [1.29, 1.82) is 0 Å². The van der Waals surface area contributed by atoms with Crippen LogP contribution in [0, 0.1) is 5.82 Å². The van der Waals surface area contributed by atoms with Crippen molar-refractivity contribution >= 4 is 34.4 Å². The van der Waals surface area contributed by atoms with Gasteiger partial charge in [-0.25, -0.2) is 9.37 Å². The van der Waals surface area contributed by atoms with Gasteiger partial charge in [-0.15, -0.1) is 0 Å². The van der Waals surface area contributed by atoms with E-state index in [1.165, 1.54) is 12.1 Å². The number of halogens is 3. The number of hydrogen-bond donors (Lipinski definition) is 0.